The van der Waals surface area contributed by atoms with E-state index in [9.17, 15) is 4.79 Å². The van der Waals surface area contributed by atoms with E-state index in [1.165, 1.54) is 0 Å². The molecule has 18 heavy (non-hydrogen) atoms. The molecule has 0 saturated heterocycles. The Morgan fingerprint density at radius 1 is 1.44 bits per heavy atom. The van der Waals surface area contributed by atoms with Gasteiger partial charge in [-0.25, -0.2) is 0 Å². The first-order valence-electron chi connectivity index (χ1n) is 6.63. The number of hydrogen-bond acceptors (Lipinski definition) is 3. The van der Waals surface area contributed by atoms with Gasteiger partial charge < -0.3 is 5.32 Å². The molecule has 0 aromatic carbocycles. The lowest BCUT2D eigenvalue weighted by Gasteiger charge is -2.19. The molecule has 0 aromatic rings. The van der Waals surface area contributed by atoms with Gasteiger partial charge in [-0.05, 0) is 46.2 Å². The molecule has 4 nitrogen and oxygen atoms in total. The Kier molecular flexibility index (Phi) is 7.61. The van der Waals surface area contributed by atoms with Crippen molar-refractivity contribution in [2.75, 3.05) is 26.7 Å². The average molecular weight is 253 g/mol. The second-order valence-corrected chi connectivity index (χ2v) is 6.03. The maximum absolute atomic E-state index is 11.6. The number of amides is 1. The minimum absolute atomic E-state index is 0.0748. The molecule has 0 radical (unpaired) electrons. The van der Waals surface area contributed by atoms with Gasteiger partial charge in [0.25, 0.3) is 0 Å². The van der Waals surface area contributed by atoms with E-state index >= 15 is 0 Å². The summed E-state index contributed by atoms with van der Waals surface area (Å²) in [6.45, 7) is 10.1. The fourth-order valence-electron chi connectivity index (χ4n) is 1.54. The van der Waals surface area contributed by atoms with E-state index in [4.69, 9.17) is 5.26 Å². The average Bonchev–Trinajstić information content (AvgIpc) is 2.26. The molecule has 4 heteroatoms. The summed E-state index contributed by atoms with van der Waals surface area (Å²) in [6.07, 6.45) is 1.80. The highest BCUT2D eigenvalue weighted by molar-refractivity contribution is 5.77. The predicted molar refractivity (Wildman–Crippen MR) is 74.0 cm³/mol. The zero-order valence-electron chi connectivity index (χ0n) is 12.4. The minimum Gasteiger partial charge on any atom is -0.355 e. The van der Waals surface area contributed by atoms with Gasteiger partial charge in [-0.2, -0.15) is 5.26 Å². The van der Waals surface area contributed by atoms with Crippen LogP contribution in [0.1, 0.15) is 40.5 Å². The molecule has 104 valence electrons. The van der Waals surface area contributed by atoms with Gasteiger partial charge in [-0.3, -0.25) is 9.69 Å². The SMILES string of the molecule is CC(C)CNC(=O)CN(C)CCCC(C)(C)C#N. The van der Waals surface area contributed by atoms with Crippen LogP contribution < -0.4 is 5.32 Å². The van der Waals surface area contributed by atoms with Crippen LogP contribution in [0.5, 0.6) is 0 Å². The Balaban J connectivity index is 3.75. The molecule has 0 saturated carbocycles. The fraction of sp³-hybridized carbons (Fsp3) is 0.857. The van der Waals surface area contributed by atoms with Crippen LogP contribution in [-0.4, -0.2) is 37.5 Å². The normalized spacial score (nSPS) is 11.7. The summed E-state index contributed by atoms with van der Waals surface area (Å²) < 4.78 is 0. The minimum atomic E-state index is -0.263. The maximum Gasteiger partial charge on any atom is 0.234 e. The third kappa shape index (κ3) is 9.00. The highest BCUT2D eigenvalue weighted by atomic mass is 16.2. The number of nitrogens with one attached hydrogen (secondary N) is 1. The molecule has 1 amide bonds. The number of likely N-dealkylation sites (N-methyl/N-ethyl adjacent to an activating group) is 1. The Bertz CT molecular complexity index is 292. The third-order valence-electron chi connectivity index (χ3n) is 2.77. The number of carbonyl (C=O) groups excluding carboxylic acids is 1. The molecule has 0 fully saturated rings. The monoisotopic (exact) mass is 253 g/mol. The lowest BCUT2D eigenvalue weighted by Crippen LogP contribution is -2.37. The van der Waals surface area contributed by atoms with Gasteiger partial charge in [0, 0.05) is 6.54 Å². The van der Waals surface area contributed by atoms with Crippen LogP contribution in [0.4, 0.5) is 0 Å². The Hall–Kier alpha value is -1.08. The number of nitrogens with zero attached hydrogens (tertiary/aromatic N) is 2. The number of hydrogen-bond donors (Lipinski definition) is 1. The summed E-state index contributed by atoms with van der Waals surface area (Å²) in [7, 11) is 1.94. The van der Waals surface area contributed by atoms with Crippen molar-refractivity contribution >= 4 is 5.91 Å². The number of rotatable bonds is 8. The lowest BCUT2D eigenvalue weighted by atomic mass is 9.90. The summed E-state index contributed by atoms with van der Waals surface area (Å²) in [6, 6.07) is 2.29. The molecule has 0 heterocycles. The van der Waals surface area contributed by atoms with E-state index in [1.54, 1.807) is 0 Å². The van der Waals surface area contributed by atoms with Gasteiger partial charge in [0.15, 0.2) is 0 Å². The van der Waals surface area contributed by atoms with Crippen LogP contribution in [0, 0.1) is 22.7 Å². The topological polar surface area (TPSA) is 56.1 Å². The van der Waals surface area contributed by atoms with Crippen molar-refractivity contribution in [3.8, 4) is 6.07 Å². The summed E-state index contributed by atoms with van der Waals surface area (Å²) in [5, 5.41) is 11.8. The molecule has 1 N–H and O–H groups in total. The fourth-order valence-corrected chi connectivity index (χ4v) is 1.54. The molecular formula is C14H27N3O. The van der Waals surface area contributed by atoms with E-state index in [1.807, 2.05) is 25.8 Å². The van der Waals surface area contributed by atoms with E-state index in [0.717, 1.165) is 25.9 Å². The lowest BCUT2D eigenvalue weighted by molar-refractivity contribution is -0.122. The van der Waals surface area contributed by atoms with E-state index in [0.29, 0.717) is 12.5 Å². The molecule has 0 aliphatic heterocycles. The van der Waals surface area contributed by atoms with Crippen LogP contribution in [-0.2, 0) is 4.79 Å². The summed E-state index contributed by atoms with van der Waals surface area (Å²) in [5.74, 6) is 0.557. The van der Waals surface area contributed by atoms with Gasteiger partial charge in [0.2, 0.25) is 5.91 Å². The van der Waals surface area contributed by atoms with E-state index < -0.39 is 0 Å². The Morgan fingerprint density at radius 3 is 2.56 bits per heavy atom. The zero-order valence-corrected chi connectivity index (χ0v) is 12.4. The van der Waals surface area contributed by atoms with Crippen LogP contribution in [0.2, 0.25) is 0 Å². The molecule has 0 aromatic heterocycles. The van der Waals surface area contributed by atoms with Gasteiger partial charge in [-0.15, -0.1) is 0 Å². The van der Waals surface area contributed by atoms with Crippen molar-refractivity contribution < 1.29 is 4.79 Å². The first kappa shape index (κ1) is 16.9. The standard InChI is InChI=1S/C14H27N3O/c1-12(2)9-16-13(18)10-17(5)8-6-7-14(3,4)11-15/h12H,6-10H2,1-5H3,(H,16,18). The molecule has 0 unspecified atom stereocenters. The zero-order chi connectivity index (χ0) is 14.2. The van der Waals surface area contributed by atoms with Crippen molar-refractivity contribution in [1.29, 1.82) is 5.26 Å². The summed E-state index contributed by atoms with van der Waals surface area (Å²) in [4.78, 5) is 13.6. The highest BCUT2D eigenvalue weighted by Crippen LogP contribution is 2.20. The largest absolute Gasteiger partial charge is 0.355 e. The van der Waals surface area contributed by atoms with Crippen LogP contribution >= 0.6 is 0 Å². The second kappa shape index (κ2) is 8.10. The van der Waals surface area contributed by atoms with Crippen molar-refractivity contribution in [3.05, 3.63) is 0 Å². The van der Waals surface area contributed by atoms with E-state index in [2.05, 4.69) is 25.2 Å². The Labute approximate surface area is 111 Å². The molecule has 0 aliphatic rings. The molecule has 0 spiro atoms. The number of nitriles is 1. The van der Waals surface area contributed by atoms with Gasteiger partial charge in [0.1, 0.15) is 0 Å². The molecule has 0 aliphatic carbocycles. The predicted octanol–water partition coefficient (Wildman–Crippen LogP) is 2.02. The molecule has 0 rings (SSSR count). The van der Waals surface area contributed by atoms with Crippen LogP contribution in [0.25, 0.3) is 0 Å². The summed E-state index contributed by atoms with van der Waals surface area (Å²) in [5.41, 5.74) is -0.263. The third-order valence-corrected chi connectivity index (χ3v) is 2.77. The highest BCUT2D eigenvalue weighted by Gasteiger charge is 2.16. The quantitative estimate of drug-likeness (QED) is 0.720. The van der Waals surface area contributed by atoms with Crippen LogP contribution in [0.3, 0.4) is 0 Å². The van der Waals surface area contributed by atoms with Crippen molar-refractivity contribution in [2.24, 2.45) is 11.3 Å². The first-order chi connectivity index (χ1) is 8.26. The number of carbonyl (C=O) groups is 1. The van der Waals surface area contributed by atoms with Crippen molar-refractivity contribution in [3.63, 3.8) is 0 Å². The maximum atomic E-state index is 11.6. The van der Waals surface area contributed by atoms with Crippen molar-refractivity contribution in [2.45, 2.75) is 40.5 Å². The Morgan fingerprint density at radius 2 is 2.06 bits per heavy atom. The van der Waals surface area contributed by atoms with Gasteiger partial charge in [-0.1, -0.05) is 13.8 Å². The van der Waals surface area contributed by atoms with Gasteiger partial charge >= 0.3 is 0 Å². The molecule has 0 bridgehead atoms. The van der Waals surface area contributed by atoms with Crippen LogP contribution in [0.15, 0.2) is 0 Å². The molecular weight excluding hydrogens is 226 g/mol. The van der Waals surface area contributed by atoms with Gasteiger partial charge in [0.05, 0.1) is 18.0 Å². The van der Waals surface area contributed by atoms with Crippen molar-refractivity contribution in [1.82, 2.24) is 10.2 Å². The summed E-state index contributed by atoms with van der Waals surface area (Å²) >= 11 is 0. The van der Waals surface area contributed by atoms with E-state index in [-0.39, 0.29) is 11.3 Å². The molecule has 0 atom stereocenters. The second-order valence-electron chi connectivity index (χ2n) is 6.03. The first-order valence-corrected chi connectivity index (χ1v) is 6.63. The smallest absolute Gasteiger partial charge is 0.234 e.